The van der Waals surface area contributed by atoms with Crippen molar-refractivity contribution in [2.75, 3.05) is 0 Å². The predicted molar refractivity (Wildman–Crippen MR) is 86.9 cm³/mol. The van der Waals surface area contributed by atoms with Crippen LogP contribution in [0.15, 0.2) is 64.2 Å². The van der Waals surface area contributed by atoms with Gasteiger partial charge in [0.15, 0.2) is 0 Å². The van der Waals surface area contributed by atoms with Gasteiger partial charge in [-0.2, -0.15) is 0 Å². The Bertz CT molecular complexity index is 757. The van der Waals surface area contributed by atoms with Gasteiger partial charge in [-0.25, -0.2) is 0 Å². The number of nitrogens with two attached hydrogens (primary N) is 1. The molecule has 20 heavy (non-hydrogen) atoms. The van der Waals surface area contributed by atoms with E-state index in [-0.39, 0.29) is 0 Å². The highest BCUT2D eigenvalue weighted by Gasteiger charge is 2.01. The first kappa shape index (κ1) is 12.9. The highest BCUT2D eigenvalue weighted by Crippen LogP contribution is 2.15. The van der Waals surface area contributed by atoms with Gasteiger partial charge in [-0.3, -0.25) is 4.99 Å². The van der Waals surface area contributed by atoms with Crippen molar-refractivity contribution >= 4 is 32.7 Å². The maximum atomic E-state index is 6.06. The molecule has 0 saturated carbocycles. The summed E-state index contributed by atoms with van der Waals surface area (Å²) in [6.45, 7) is 0.588. The van der Waals surface area contributed by atoms with Gasteiger partial charge in [0.05, 0.1) is 6.54 Å². The largest absolute Gasteiger partial charge is 0.383 e. The molecule has 1 aromatic heterocycles. The number of nitrogens with zero attached hydrogens (tertiary/aromatic N) is 1. The van der Waals surface area contributed by atoms with Gasteiger partial charge in [0.25, 0.3) is 0 Å². The second-order valence-electron chi connectivity index (χ2n) is 4.61. The summed E-state index contributed by atoms with van der Waals surface area (Å²) in [4.78, 5) is 7.62. The molecule has 3 nitrogen and oxygen atoms in total. The first-order valence-corrected chi connectivity index (χ1v) is 7.13. The smallest absolute Gasteiger partial charge is 0.125 e. The standard InChI is InChI=1S/C16H14BrN3/c17-14-4-1-11(2-5-14)10-20-16(18)13-3-6-15-12(9-13)7-8-19-15/h1-9,19H,10H2,(H2,18,20). The fraction of sp³-hybridized carbons (Fsp3) is 0.0625. The molecule has 0 fully saturated rings. The number of halogens is 1. The van der Waals surface area contributed by atoms with E-state index >= 15 is 0 Å². The zero-order valence-corrected chi connectivity index (χ0v) is 12.4. The number of rotatable bonds is 3. The third-order valence-electron chi connectivity index (χ3n) is 3.19. The SMILES string of the molecule is NC(=NCc1ccc(Br)cc1)c1ccc2[nH]ccc2c1. The summed E-state index contributed by atoms with van der Waals surface area (Å²) in [5.41, 5.74) is 9.26. The third kappa shape index (κ3) is 2.75. The molecule has 0 bridgehead atoms. The number of hydrogen-bond donors (Lipinski definition) is 2. The zero-order chi connectivity index (χ0) is 13.9. The van der Waals surface area contributed by atoms with Gasteiger partial charge in [-0.05, 0) is 42.0 Å². The number of amidine groups is 1. The fourth-order valence-electron chi connectivity index (χ4n) is 2.07. The van der Waals surface area contributed by atoms with E-state index in [0.29, 0.717) is 12.4 Å². The van der Waals surface area contributed by atoms with Gasteiger partial charge in [-0.1, -0.05) is 28.1 Å². The lowest BCUT2D eigenvalue weighted by molar-refractivity contribution is 1.06. The highest BCUT2D eigenvalue weighted by molar-refractivity contribution is 9.10. The van der Waals surface area contributed by atoms with Crippen molar-refractivity contribution in [2.45, 2.75) is 6.54 Å². The van der Waals surface area contributed by atoms with Gasteiger partial charge in [0.2, 0.25) is 0 Å². The van der Waals surface area contributed by atoms with E-state index < -0.39 is 0 Å². The Hall–Kier alpha value is -2.07. The van der Waals surface area contributed by atoms with Crippen LogP contribution in [0.4, 0.5) is 0 Å². The molecule has 0 saturated heterocycles. The van der Waals surface area contributed by atoms with E-state index in [0.717, 1.165) is 26.5 Å². The molecular formula is C16H14BrN3. The molecular weight excluding hydrogens is 314 g/mol. The Morgan fingerprint density at radius 1 is 1.10 bits per heavy atom. The lowest BCUT2D eigenvalue weighted by Crippen LogP contribution is -2.13. The van der Waals surface area contributed by atoms with Gasteiger partial charge in [-0.15, -0.1) is 0 Å². The van der Waals surface area contributed by atoms with Crippen molar-refractivity contribution in [1.82, 2.24) is 4.98 Å². The number of H-pyrrole nitrogens is 1. The summed E-state index contributed by atoms with van der Waals surface area (Å²) >= 11 is 3.42. The highest BCUT2D eigenvalue weighted by atomic mass is 79.9. The molecule has 2 aromatic carbocycles. The molecule has 0 spiro atoms. The molecule has 0 aliphatic carbocycles. The van der Waals surface area contributed by atoms with E-state index in [1.807, 2.05) is 54.7 Å². The van der Waals surface area contributed by atoms with E-state index in [1.54, 1.807) is 0 Å². The minimum atomic E-state index is 0.566. The number of aliphatic imine (C=N–C) groups is 1. The Kier molecular flexibility index (Phi) is 3.56. The van der Waals surface area contributed by atoms with E-state index in [4.69, 9.17) is 5.73 Å². The normalized spacial score (nSPS) is 11.9. The van der Waals surface area contributed by atoms with Crippen molar-refractivity contribution in [2.24, 2.45) is 10.7 Å². The van der Waals surface area contributed by atoms with Crippen LogP contribution >= 0.6 is 15.9 Å². The average molecular weight is 328 g/mol. The number of aromatic nitrogens is 1. The number of aromatic amines is 1. The summed E-state index contributed by atoms with van der Waals surface area (Å²) in [6, 6.07) is 16.2. The van der Waals surface area contributed by atoms with Crippen LogP contribution in [-0.2, 0) is 6.54 Å². The number of fused-ring (bicyclic) bond motifs is 1. The summed E-state index contributed by atoms with van der Waals surface area (Å²) in [5.74, 6) is 0.566. The van der Waals surface area contributed by atoms with Crippen molar-refractivity contribution in [1.29, 1.82) is 0 Å². The van der Waals surface area contributed by atoms with Crippen LogP contribution in [-0.4, -0.2) is 10.8 Å². The minimum Gasteiger partial charge on any atom is -0.383 e. The lowest BCUT2D eigenvalue weighted by Gasteiger charge is -2.02. The molecule has 4 heteroatoms. The molecule has 0 radical (unpaired) electrons. The second-order valence-corrected chi connectivity index (χ2v) is 5.52. The first-order chi connectivity index (χ1) is 9.72. The van der Waals surface area contributed by atoms with Crippen LogP contribution in [0.5, 0.6) is 0 Å². The second kappa shape index (κ2) is 5.51. The molecule has 0 amide bonds. The molecule has 3 rings (SSSR count). The molecule has 3 N–H and O–H groups in total. The quantitative estimate of drug-likeness (QED) is 0.557. The maximum Gasteiger partial charge on any atom is 0.125 e. The predicted octanol–water partition coefficient (Wildman–Crippen LogP) is 3.84. The summed E-state index contributed by atoms with van der Waals surface area (Å²) in [6.07, 6.45) is 1.92. The van der Waals surface area contributed by atoms with Gasteiger partial charge < -0.3 is 10.7 Å². The number of benzene rings is 2. The molecule has 0 unspecified atom stereocenters. The Labute approximate surface area is 125 Å². The van der Waals surface area contributed by atoms with Gasteiger partial charge in [0, 0.05) is 27.1 Å². The molecule has 0 aliphatic rings. The average Bonchev–Trinajstić information content (AvgIpc) is 2.93. The van der Waals surface area contributed by atoms with E-state index in [9.17, 15) is 0 Å². The first-order valence-electron chi connectivity index (χ1n) is 6.34. The Balaban J connectivity index is 1.81. The van der Waals surface area contributed by atoms with E-state index in [1.165, 1.54) is 0 Å². The van der Waals surface area contributed by atoms with Crippen LogP contribution in [0.3, 0.4) is 0 Å². The number of hydrogen-bond acceptors (Lipinski definition) is 1. The van der Waals surface area contributed by atoms with Crippen LogP contribution in [0.2, 0.25) is 0 Å². The van der Waals surface area contributed by atoms with Crippen LogP contribution < -0.4 is 5.73 Å². The Morgan fingerprint density at radius 2 is 1.90 bits per heavy atom. The molecule has 1 heterocycles. The monoisotopic (exact) mass is 327 g/mol. The van der Waals surface area contributed by atoms with Crippen LogP contribution in [0, 0.1) is 0 Å². The lowest BCUT2D eigenvalue weighted by atomic mass is 10.1. The Morgan fingerprint density at radius 3 is 2.70 bits per heavy atom. The molecule has 0 aliphatic heterocycles. The van der Waals surface area contributed by atoms with Gasteiger partial charge in [0.1, 0.15) is 5.84 Å². The molecule has 100 valence electrons. The van der Waals surface area contributed by atoms with Crippen molar-refractivity contribution < 1.29 is 0 Å². The van der Waals surface area contributed by atoms with Crippen LogP contribution in [0.1, 0.15) is 11.1 Å². The molecule has 0 atom stereocenters. The minimum absolute atomic E-state index is 0.566. The zero-order valence-electron chi connectivity index (χ0n) is 10.8. The summed E-state index contributed by atoms with van der Waals surface area (Å²) < 4.78 is 1.07. The topological polar surface area (TPSA) is 54.2 Å². The van der Waals surface area contributed by atoms with E-state index in [2.05, 4.69) is 25.9 Å². The van der Waals surface area contributed by atoms with Crippen molar-refractivity contribution in [3.05, 3.63) is 70.3 Å². The van der Waals surface area contributed by atoms with Gasteiger partial charge >= 0.3 is 0 Å². The molecule has 3 aromatic rings. The summed E-state index contributed by atoms with van der Waals surface area (Å²) in [5, 5.41) is 1.14. The number of nitrogens with one attached hydrogen (secondary N) is 1. The maximum absolute atomic E-state index is 6.06. The fourth-order valence-corrected chi connectivity index (χ4v) is 2.33. The van der Waals surface area contributed by atoms with Crippen molar-refractivity contribution in [3.63, 3.8) is 0 Å². The van der Waals surface area contributed by atoms with Crippen LogP contribution in [0.25, 0.3) is 10.9 Å². The van der Waals surface area contributed by atoms with Crippen molar-refractivity contribution in [3.8, 4) is 0 Å². The third-order valence-corrected chi connectivity index (χ3v) is 3.72. The summed E-state index contributed by atoms with van der Waals surface area (Å²) in [7, 11) is 0.